The molecule has 0 spiro atoms. The third-order valence-corrected chi connectivity index (χ3v) is 5.42. The molecule has 0 aliphatic carbocycles. The van der Waals surface area contributed by atoms with Crippen molar-refractivity contribution < 1.29 is 28.5 Å². The highest BCUT2D eigenvalue weighted by atomic mass is 35.5. The summed E-state index contributed by atoms with van der Waals surface area (Å²) in [4.78, 5) is 12.7. The Morgan fingerprint density at radius 3 is 2.69 bits per heavy atom. The Balaban J connectivity index is 1.33. The molecule has 2 heterocycles. The predicted octanol–water partition coefficient (Wildman–Crippen LogP) is 5.41. The van der Waals surface area contributed by atoms with Crippen molar-refractivity contribution in [3.05, 3.63) is 87.6 Å². The van der Waals surface area contributed by atoms with Crippen molar-refractivity contribution in [1.29, 1.82) is 0 Å². The van der Waals surface area contributed by atoms with Crippen LogP contribution >= 0.6 is 11.6 Å². The van der Waals surface area contributed by atoms with Crippen molar-refractivity contribution in [2.24, 2.45) is 0 Å². The van der Waals surface area contributed by atoms with Gasteiger partial charge in [0.25, 0.3) is 0 Å². The van der Waals surface area contributed by atoms with E-state index < -0.39 is 0 Å². The number of fused-ring (bicyclic) bond motifs is 2. The number of benzene rings is 3. The maximum absolute atomic E-state index is 12.7. The van der Waals surface area contributed by atoms with Gasteiger partial charge in [-0.25, -0.2) is 0 Å². The number of hydrogen-bond donors (Lipinski definition) is 0. The Morgan fingerprint density at radius 2 is 1.88 bits per heavy atom. The molecule has 0 atom stereocenters. The Bertz CT molecular complexity index is 1220. The second-order valence-corrected chi connectivity index (χ2v) is 7.76. The van der Waals surface area contributed by atoms with Crippen molar-refractivity contribution in [3.8, 4) is 23.0 Å². The van der Waals surface area contributed by atoms with E-state index in [4.69, 9.17) is 35.3 Å². The fourth-order valence-corrected chi connectivity index (χ4v) is 3.90. The van der Waals surface area contributed by atoms with Crippen molar-refractivity contribution in [3.63, 3.8) is 0 Å². The van der Waals surface area contributed by atoms with Crippen LogP contribution in [0.4, 0.5) is 0 Å². The number of hydrogen-bond acceptors (Lipinski definition) is 6. The summed E-state index contributed by atoms with van der Waals surface area (Å²) < 4.78 is 27.9. The van der Waals surface area contributed by atoms with E-state index in [1.54, 1.807) is 31.4 Å². The second-order valence-electron chi connectivity index (χ2n) is 7.32. The van der Waals surface area contributed by atoms with E-state index in [0.29, 0.717) is 28.7 Å². The van der Waals surface area contributed by atoms with Crippen molar-refractivity contribution in [1.82, 2.24) is 0 Å². The first-order chi connectivity index (χ1) is 15.6. The molecule has 0 bridgehead atoms. The van der Waals surface area contributed by atoms with Gasteiger partial charge >= 0.3 is 0 Å². The van der Waals surface area contributed by atoms with Gasteiger partial charge in [-0.1, -0.05) is 23.7 Å². The van der Waals surface area contributed by atoms with Crippen LogP contribution in [0.1, 0.15) is 27.0 Å². The van der Waals surface area contributed by atoms with Gasteiger partial charge in [0.2, 0.25) is 5.78 Å². The lowest BCUT2D eigenvalue weighted by Crippen LogP contribution is -2.14. The quantitative estimate of drug-likeness (QED) is 0.484. The molecule has 0 saturated carbocycles. The lowest BCUT2D eigenvalue weighted by molar-refractivity contribution is -0.0175. The minimum absolute atomic E-state index is 0.167. The zero-order chi connectivity index (χ0) is 22.1. The molecule has 5 rings (SSSR count). The maximum atomic E-state index is 12.7. The van der Waals surface area contributed by atoms with Crippen LogP contribution in [0.15, 0.2) is 60.4 Å². The van der Waals surface area contributed by atoms with Gasteiger partial charge in [-0.3, -0.25) is 4.79 Å². The summed E-state index contributed by atoms with van der Waals surface area (Å²) in [5, 5.41) is 0.590. The molecule has 0 aromatic heterocycles. The molecule has 2 aliphatic heterocycles. The van der Waals surface area contributed by atoms with E-state index >= 15 is 0 Å². The van der Waals surface area contributed by atoms with Crippen LogP contribution in [0, 0.1) is 0 Å². The topological polar surface area (TPSA) is 63.2 Å². The largest absolute Gasteiger partial charge is 0.497 e. The highest BCUT2D eigenvalue weighted by Gasteiger charge is 2.28. The van der Waals surface area contributed by atoms with Gasteiger partial charge in [0, 0.05) is 22.2 Å². The minimum atomic E-state index is -0.167. The molecule has 2 aliphatic rings. The van der Waals surface area contributed by atoms with Gasteiger partial charge in [0.05, 0.1) is 19.3 Å². The average molecular weight is 451 g/mol. The normalized spacial score (nSPS) is 15.6. The standard InChI is InChI=1S/C25H19ClO6/c1-28-19-4-2-15(3-5-19)8-23-24(27)21-7-6-20(11-22(21)32-23)30-13-17-10-18(26)9-16-12-29-14-31-25(16)17/h2-11H,12-14H2,1H3/b23-8-. The van der Waals surface area contributed by atoms with Gasteiger partial charge in [-0.05, 0) is 48.0 Å². The number of rotatable bonds is 5. The van der Waals surface area contributed by atoms with Gasteiger partial charge in [-0.15, -0.1) is 0 Å². The molecule has 0 N–H and O–H groups in total. The molecular weight excluding hydrogens is 432 g/mol. The average Bonchev–Trinajstić information content (AvgIpc) is 3.12. The third-order valence-electron chi connectivity index (χ3n) is 5.20. The molecule has 0 unspecified atom stereocenters. The lowest BCUT2D eigenvalue weighted by Gasteiger charge is -2.21. The zero-order valence-electron chi connectivity index (χ0n) is 17.2. The minimum Gasteiger partial charge on any atom is -0.497 e. The Morgan fingerprint density at radius 1 is 1.06 bits per heavy atom. The molecular formula is C25H19ClO6. The predicted molar refractivity (Wildman–Crippen MR) is 118 cm³/mol. The fraction of sp³-hybridized carbons (Fsp3) is 0.160. The molecule has 162 valence electrons. The molecule has 0 amide bonds. The summed E-state index contributed by atoms with van der Waals surface area (Å²) in [6.07, 6.45) is 1.71. The number of carbonyl (C=O) groups excluding carboxylic acids is 1. The van der Waals surface area contributed by atoms with E-state index in [-0.39, 0.29) is 24.9 Å². The number of carbonyl (C=O) groups is 1. The van der Waals surface area contributed by atoms with Crippen LogP contribution in [-0.4, -0.2) is 19.7 Å². The van der Waals surface area contributed by atoms with E-state index in [1.807, 2.05) is 36.4 Å². The summed E-state index contributed by atoms with van der Waals surface area (Å²) in [7, 11) is 1.61. The van der Waals surface area contributed by atoms with Crippen LogP contribution in [0.25, 0.3) is 6.08 Å². The van der Waals surface area contributed by atoms with Crippen LogP contribution in [0.3, 0.4) is 0 Å². The number of halogens is 1. The number of Topliss-reactive ketones (excluding diaryl/α,β-unsaturated/α-hetero) is 1. The smallest absolute Gasteiger partial charge is 0.231 e. The zero-order valence-corrected chi connectivity index (χ0v) is 18.0. The highest BCUT2D eigenvalue weighted by Crippen LogP contribution is 2.36. The Kier molecular flexibility index (Phi) is 5.47. The monoisotopic (exact) mass is 450 g/mol. The first-order valence-electron chi connectivity index (χ1n) is 9.98. The lowest BCUT2D eigenvalue weighted by atomic mass is 10.1. The number of methoxy groups -OCH3 is 1. The number of ether oxygens (including phenoxy) is 5. The number of ketones is 1. The molecule has 32 heavy (non-hydrogen) atoms. The molecule has 3 aromatic rings. The summed E-state index contributed by atoms with van der Waals surface area (Å²) >= 11 is 6.22. The maximum Gasteiger partial charge on any atom is 0.231 e. The van der Waals surface area contributed by atoms with E-state index in [0.717, 1.165) is 28.2 Å². The first-order valence-corrected chi connectivity index (χ1v) is 10.4. The number of allylic oxidation sites excluding steroid dienone is 1. The molecule has 0 saturated heterocycles. The van der Waals surface area contributed by atoms with Gasteiger partial charge < -0.3 is 23.7 Å². The first kappa shape index (κ1) is 20.4. The summed E-state index contributed by atoms with van der Waals surface area (Å²) in [5.41, 5.74) is 3.05. The van der Waals surface area contributed by atoms with Crippen LogP contribution in [0.5, 0.6) is 23.0 Å². The van der Waals surface area contributed by atoms with Gasteiger partial charge in [0.15, 0.2) is 12.6 Å². The van der Waals surface area contributed by atoms with Gasteiger partial charge in [-0.2, -0.15) is 0 Å². The van der Waals surface area contributed by atoms with Gasteiger partial charge in [0.1, 0.15) is 29.6 Å². The second kappa shape index (κ2) is 8.57. The molecule has 7 heteroatoms. The summed E-state index contributed by atoms with van der Waals surface area (Å²) in [5.74, 6) is 2.61. The van der Waals surface area contributed by atoms with Crippen molar-refractivity contribution in [2.45, 2.75) is 13.2 Å². The fourth-order valence-electron chi connectivity index (χ4n) is 3.63. The molecule has 6 nitrogen and oxygen atoms in total. The van der Waals surface area contributed by atoms with E-state index in [1.165, 1.54) is 0 Å². The van der Waals surface area contributed by atoms with E-state index in [2.05, 4.69) is 0 Å². The Labute approximate surface area is 189 Å². The van der Waals surface area contributed by atoms with Crippen LogP contribution in [-0.2, 0) is 18.0 Å². The summed E-state index contributed by atoms with van der Waals surface area (Å²) in [6, 6.07) is 16.2. The third kappa shape index (κ3) is 4.02. The van der Waals surface area contributed by atoms with E-state index in [9.17, 15) is 4.79 Å². The SMILES string of the molecule is COc1ccc(/C=C2\Oc3cc(OCc4cc(Cl)cc5c4OCOC5)ccc3C2=O)cc1. The van der Waals surface area contributed by atoms with Crippen LogP contribution < -0.4 is 18.9 Å². The Hall–Kier alpha value is -3.48. The highest BCUT2D eigenvalue weighted by molar-refractivity contribution is 6.30. The van der Waals surface area contributed by atoms with Crippen LogP contribution in [0.2, 0.25) is 5.02 Å². The molecule has 0 radical (unpaired) electrons. The molecule has 3 aromatic carbocycles. The van der Waals surface area contributed by atoms with Crippen molar-refractivity contribution >= 4 is 23.5 Å². The van der Waals surface area contributed by atoms with Crippen molar-refractivity contribution in [2.75, 3.05) is 13.9 Å². The molecule has 0 fully saturated rings. The summed E-state index contributed by atoms with van der Waals surface area (Å²) in [6.45, 7) is 0.894.